The Kier molecular flexibility index (Phi) is 3.34. The molecule has 4 nitrogen and oxygen atoms in total. The molecule has 1 aliphatic carbocycles. The van der Waals surface area contributed by atoms with Gasteiger partial charge in [-0.15, -0.1) is 0 Å². The van der Waals surface area contributed by atoms with E-state index in [0.717, 1.165) is 19.3 Å². The van der Waals surface area contributed by atoms with Crippen LogP contribution < -0.4 is 10.6 Å². The second-order valence-electron chi connectivity index (χ2n) is 3.09. The normalized spacial score (nSPS) is 28.5. The molecule has 0 spiro atoms. The van der Waals surface area contributed by atoms with Crippen molar-refractivity contribution in [3.8, 4) is 0 Å². The van der Waals surface area contributed by atoms with Crippen LogP contribution in [0.4, 0.5) is 4.79 Å². The van der Waals surface area contributed by atoms with Crippen LogP contribution in [0.3, 0.4) is 0 Å². The lowest BCUT2D eigenvalue weighted by Gasteiger charge is -2.11. The van der Waals surface area contributed by atoms with Gasteiger partial charge >= 0.3 is 6.03 Å². The lowest BCUT2D eigenvalue weighted by molar-refractivity contribution is 0.107. The number of hydrogen-bond acceptors (Lipinski definition) is 2. The Morgan fingerprint density at radius 2 is 2.25 bits per heavy atom. The lowest BCUT2D eigenvalue weighted by Crippen LogP contribution is -2.39. The summed E-state index contributed by atoms with van der Waals surface area (Å²) in [5, 5.41) is 5.40. The molecule has 0 aromatic rings. The highest BCUT2D eigenvalue weighted by molar-refractivity contribution is 5.73. The van der Waals surface area contributed by atoms with Crippen LogP contribution >= 0.6 is 0 Å². The average molecular weight is 172 g/mol. The summed E-state index contributed by atoms with van der Waals surface area (Å²) in [7, 11) is 3.34. The zero-order chi connectivity index (χ0) is 8.97. The van der Waals surface area contributed by atoms with Gasteiger partial charge in [0, 0.05) is 20.2 Å². The van der Waals surface area contributed by atoms with Gasteiger partial charge in [-0.2, -0.15) is 0 Å². The predicted octanol–water partition coefficient (Wildman–Crippen LogP) is 0.483. The van der Waals surface area contributed by atoms with Crippen molar-refractivity contribution >= 4 is 6.03 Å². The minimum absolute atomic E-state index is 0.100. The van der Waals surface area contributed by atoms with Gasteiger partial charge in [-0.25, -0.2) is 4.79 Å². The van der Waals surface area contributed by atoms with Crippen LogP contribution in [0.5, 0.6) is 0 Å². The van der Waals surface area contributed by atoms with Gasteiger partial charge in [-0.1, -0.05) is 0 Å². The standard InChI is InChI=1S/C8H16N2O2/c1-9-8(11)10-6-3-4-7(5-6)12-2/h6-7H,3-5H2,1-2H3,(H2,9,10,11). The van der Waals surface area contributed by atoms with Crippen LogP contribution in [-0.2, 0) is 4.74 Å². The summed E-state index contributed by atoms with van der Waals surface area (Å²) in [6.07, 6.45) is 3.33. The van der Waals surface area contributed by atoms with Gasteiger partial charge < -0.3 is 15.4 Å². The van der Waals surface area contributed by atoms with E-state index in [1.165, 1.54) is 0 Å². The monoisotopic (exact) mass is 172 g/mol. The second kappa shape index (κ2) is 4.30. The fourth-order valence-electron chi connectivity index (χ4n) is 1.54. The Morgan fingerprint density at radius 1 is 1.50 bits per heavy atom. The molecule has 2 atom stereocenters. The zero-order valence-corrected chi connectivity index (χ0v) is 7.59. The first-order valence-electron chi connectivity index (χ1n) is 4.27. The summed E-state index contributed by atoms with van der Waals surface area (Å²) in [5.74, 6) is 0. The Morgan fingerprint density at radius 3 is 2.75 bits per heavy atom. The van der Waals surface area contributed by atoms with Crippen LogP contribution in [0.1, 0.15) is 19.3 Å². The van der Waals surface area contributed by atoms with Crippen molar-refractivity contribution < 1.29 is 9.53 Å². The van der Waals surface area contributed by atoms with Crippen LogP contribution in [0.2, 0.25) is 0 Å². The topological polar surface area (TPSA) is 50.4 Å². The molecule has 1 fully saturated rings. The van der Waals surface area contributed by atoms with Gasteiger partial charge in [-0.05, 0) is 19.3 Å². The molecule has 0 radical (unpaired) electrons. The summed E-state index contributed by atoms with van der Waals surface area (Å²) in [4.78, 5) is 10.9. The van der Waals surface area contributed by atoms with Crippen molar-refractivity contribution in [3.63, 3.8) is 0 Å². The van der Waals surface area contributed by atoms with Crippen LogP contribution in [-0.4, -0.2) is 32.3 Å². The zero-order valence-electron chi connectivity index (χ0n) is 7.59. The number of carbonyl (C=O) groups excluding carboxylic acids is 1. The van der Waals surface area contributed by atoms with Gasteiger partial charge in [0.05, 0.1) is 6.10 Å². The number of urea groups is 1. The smallest absolute Gasteiger partial charge is 0.314 e. The molecule has 2 unspecified atom stereocenters. The second-order valence-corrected chi connectivity index (χ2v) is 3.09. The van der Waals surface area contributed by atoms with Crippen molar-refractivity contribution in [1.82, 2.24) is 10.6 Å². The SMILES string of the molecule is CNC(=O)NC1CCC(OC)C1. The van der Waals surface area contributed by atoms with Gasteiger partial charge in [0.1, 0.15) is 0 Å². The van der Waals surface area contributed by atoms with Crippen LogP contribution in [0.25, 0.3) is 0 Å². The van der Waals surface area contributed by atoms with Crippen LogP contribution in [0.15, 0.2) is 0 Å². The molecule has 70 valence electrons. The molecule has 1 saturated carbocycles. The van der Waals surface area contributed by atoms with Crippen molar-refractivity contribution in [1.29, 1.82) is 0 Å². The summed E-state index contributed by atoms with van der Waals surface area (Å²) in [6.45, 7) is 0. The Bertz CT molecular complexity index is 161. The highest BCUT2D eigenvalue weighted by Crippen LogP contribution is 2.20. The summed E-state index contributed by atoms with van der Waals surface area (Å²) in [5.41, 5.74) is 0. The van der Waals surface area contributed by atoms with Crippen molar-refractivity contribution in [2.24, 2.45) is 0 Å². The maximum absolute atomic E-state index is 10.9. The molecular formula is C8H16N2O2. The van der Waals surface area contributed by atoms with Crippen LogP contribution in [0, 0.1) is 0 Å². The van der Waals surface area contributed by atoms with Crippen molar-refractivity contribution in [2.45, 2.75) is 31.4 Å². The van der Waals surface area contributed by atoms with E-state index in [1.807, 2.05) is 0 Å². The van der Waals surface area contributed by atoms with Gasteiger partial charge in [0.15, 0.2) is 0 Å². The van der Waals surface area contributed by atoms with Gasteiger partial charge in [0.2, 0.25) is 0 Å². The molecule has 0 aliphatic heterocycles. The molecule has 0 saturated heterocycles. The summed E-state index contributed by atoms with van der Waals surface area (Å²) >= 11 is 0. The highest BCUT2D eigenvalue weighted by Gasteiger charge is 2.24. The molecule has 4 heteroatoms. The molecule has 0 aromatic heterocycles. The largest absolute Gasteiger partial charge is 0.381 e. The molecular weight excluding hydrogens is 156 g/mol. The van der Waals surface area contributed by atoms with Gasteiger partial charge in [0.25, 0.3) is 0 Å². The number of methoxy groups -OCH3 is 1. The molecule has 12 heavy (non-hydrogen) atoms. The highest BCUT2D eigenvalue weighted by atomic mass is 16.5. The number of hydrogen-bond donors (Lipinski definition) is 2. The van der Waals surface area contributed by atoms with Gasteiger partial charge in [-0.3, -0.25) is 0 Å². The molecule has 2 amide bonds. The number of amides is 2. The molecule has 1 rings (SSSR count). The van der Waals surface area contributed by atoms with E-state index in [4.69, 9.17) is 4.74 Å². The Balaban J connectivity index is 2.23. The summed E-state index contributed by atoms with van der Waals surface area (Å²) in [6, 6.07) is 0.187. The number of nitrogens with one attached hydrogen (secondary N) is 2. The predicted molar refractivity (Wildman–Crippen MR) is 46.0 cm³/mol. The van der Waals surface area contributed by atoms with E-state index in [0.29, 0.717) is 6.10 Å². The van der Waals surface area contributed by atoms with E-state index >= 15 is 0 Å². The first-order valence-corrected chi connectivity index (χ1v) is 4.27. The van der Waals surface area contributed by atoms with E-state index in [9.17, 15) is 4.79 Å². The average Bonchev–Trinajstić information content (AvgIpc) is 2.52. The molecule has 0 aromatic carbocycles. The molecule has 2 N–H and O–H groups in total. The van der Waals surface area contributed by atoms with E-state index in [1.54, 1.807) is 14.2 Å². The number of rotatable bonds is 2. The van der Waals surface area contributed by atoms with Crippen molar-refractivity contribution in [3.05, 3.63) is 0 Å². The fraction of sp³-hybridized carbons (Fsp3) is 0.875. The van der Waals surface area contributed by atoms with E-state index in [-0.39, 0.29) is 12.1 Å². The molecule has 0 bridgehead atoms. The quantitative estimate of drug-likeness (QED) is 0.636. The molecule has 0 heterocycles. The maximum Gasteiger partial charge on any atom is 0.314 e. The number of carbonyl (C=O) groups is 1. The Hall–Kier alpha value is -0.770. The van der Waals surface area contributed by atoms with E-state index in [2.05, 4.69) is 10.6 Å². The summed E-state index contributed by atoms with van der Waals surface area (Å²) < 4.78 is 5.18. The van der Waals surface area contributed by atoms with Crippen molar-refractivity contribution in [2.75, 3.05) is 14.2 Å². The van der Waals surface area contributed by atoms with E-state index < -0.39 is 0 Å². The minimum Gasteiger partial charge on any atom is -0.381 e. The lowest BCUT2D eigenvalue weighted by atomic mass is 10.2. The maximum atomic E-state index is 10.9. The third kappa shape index (κ3) is 2.37. The Labute approximate surface area is 72.7 Å². The first kappa shape index (κ1) is 9.32. The number of ether oxygens (including phenoxy) is 1. The third-order valence-corrected chi connectivity index (χ3v) is 2.28. The third-order valence-electron chi connectivity index (χ3n) is 2.28. The first-order chi connectivity index (χ1) is 5.76. The molecule has 1 aliphatic rings. The fourth-order valence-corrected chi connectivity index (χ4v) is 1.54. The minimum atomic E-state index is -0.100.